The topological polar surface area (TPSA) is 128 Å². The van der Waals surface area contributed by atoms with Gasteiger partial charge >= 0.3 is 0 Å². The number of aromatic nitrogens is 2. The van der Waals surface area contributed by atoms with Crippen molar-refractivity contribution in [2.75, 3.05) is 0 Å². The molecule has 0 aliphatic carbocycles. The van der Waals surface area contributed by atoms with Crippen LogP contribution in [0.15, 0.2) is 28.8 Å². The zero-order valence-electron chi connectivity index (χ0n) is 10.1. The molecule has 3 N–H and O–H groups in total. The highest BCUT2D eigenvalue weighted by atomic mass is 16.6. The molecule has 1 aromatic heterocycles. The molecule has 0 spiro atoms. The molecule has 0 saturated carbocycles. The van der Waals surface area contributed by atoms with E-state index in [0.29, 0.717) is 5.56 Å². The predicted molar refractivity (Wildman–Crippen MR) is 65.0 cm³/mol. The number of nitro groups is 1. The SMILES string of the molecule is C[C@@H](O)[C@H](N)c1nc(-c2ccc([N+](=O)[O-])cc2)no1. The summed E-state index contributed by atoms with van der Waals surface area (Å²) in [6.07, 6.45) is -0.815. The third-order valence-corrected chi connectivity index (χ3v) is 2.58. The molecule has 2 rings (SSSR count). The Labute approximate surface area is 108 Å². The minimum atomic E-state index is -0.815. The predicted octanol–water partition coefficient (Wildman–Crippen LogP) is 1.03. The number of benzene rings is 1. The van der Waals surface area contributed by atoms with Gasteiger partial charge in [-0.15, -0.1) is 0 Å². The third-order valence-electron chi connectivity index (χ3n) is 2.58. The van der Waals surface area contributed by atoms with Gasteiger partial charge in [0.1, 0.15) is 6.04 Å². The van der Waals surface area contributed by atoms with E-state index in [-0.39, 0.29) is 17.4 Å². The zero-order chi connectivity index (χ0) is 14.0. The second-order valence-electron chi connectivity index (χ2n) is 4.03. The molecule has 0 unspecified atom stereocenters. The van der Waals surface area contributed by atoms with Gasteiger partial charge < -0.3 is 15.4 Å². The number of aliphatic hydroxyl groups is 1. The number of nitrogens with zero attached hydrogens (tertiary/aromatic N) is 3. The van der Waals surface area contributed by atoms with Gasteiger partial charge in [0.05, 0.1) is 11.0 Å². The monoisotopic (exact) mass is 264 g/mol. The number of non-ortho nitro benzene ring substituents is 1. The molecule has 0 amide bonds. The molecule has 1 heterocycles. The molecule has 19 heavy (non-hydrogen) atoms. The molecular weight excluding hydrogens is 252 g/mol. The number of aliphatic hydroxyl groups excluding tert-OH is 1. The molecule has 0 aliphatic rings. The Bertz CT molecular complexity index is 579. The van der Waals surface area contributed by atoms with Crippen molar-refractivity contribution >= 4 is 5.69 Å². The van der Waals surface area contributed by atoms with Crippen LogP contribution >= 0.6 is 0 Å². The number of hydrogen-bond donors (Lipinski definition) is 2. The average molecular weight is 264 g/mol. The lowest BCUT2D eigenvalue weighted by Crippen LogP contribution is -2.23. The van der Waals surface area contributed by atoms with Crippen LogP contribution in [0.5, 0.6) is 0 Å². The lowest BCUT2D eigenvalue weighted by Gasteiger charge is -2.08. The van der Waals surface area contributed by atoms with Gasteiger partial charge in [0, 0.05) is 17.7 Å². The first-order valence-electron chi connectivity index (χ1n) is 5.51. The Morgan fingerprint density at radius 1 is 1.42 bits per heavy atom. The van der Waals surface area contributed by atoms with Gasteiger partial charge in [-0.1, -0.05) is 5.16 Å². The third kappa shape index (κ3) is 2.75. The van der Waals surface area contributed by atoms with Gasteiger partial charge in [-0.2, -0.15) is 4.98 Å². The Hall–Kier alpha value is -2.32. The Kier molecular flexibility index (Phi) is 3.54. The highest BCUT2D eigenvalue weighted by molar-refractivity contribution is 5.56. The molecule has 2 aromatic rings. The summed E-state index contributed by atoms with van der Waals surface area (Å²) in [6.45, 7) is 1.51. The normalized spacial score (nSPS) is 14.1. The first kappa shape index (κ1) is 13.1. The molecule has 2 atom stereocenters. The van der Waals surface area contributed by atoms with Crippen molar-refractivity contribution < 1.29 is 14.6 Å². The summed E-state index contributed by atoms with van der Waals surface area (Å²) in [5.74, 6) is 0.379. The summed E-state index contributed by atoms with van der Waals surface area (Å²) >= 11 is 0. The van der Waals surface area contributed by atoms with E-state index in [4.69, 9.17) is 10.3 Å². The van der Waals surface area contributed by atoms with Crippen LogP contribution < -0.4 is 5.73 Å². The maximum Gasteiger partial charge on any atom is 0.269 e. The summed E-state index contributed by atoms with van der Waals surface area (Å²) in [6, 6.07) is 4.96. The van der Waals surface area contributed by atoms with E-state index in [1.807, 2.05) is 0 Å². The second-order valence-corrected chi connectivity index (χ2v) is 4.03. The smallest absolute Gasteiger partial charge is 0.269 e. The molecule has 100 valence electrons. The van der Waals surface area contributed by atoms with E-state index in [1.165, 1.54) is 31.2 Å². The van der Waals surface area contributed by atoms with E-state index >= 15 is 0 Å². The Morgan fingerprint density at radius 3 is 2.58 bits per heavy atom. The van der Waals surface area contributed by atoms with Crippen LogP contribution in [0.3, 0.4) is 0 Å². The fourth-order valence-electron chi connectivity index (χ4n) is 1.43. The van der Waals surface area contributed by atoms with Gasteiger partial charge in [0.25, 0.3) is 5.69 Å². The van der Waals surface area contributed by atoms with Crippen molar-refractivity contribution in [3.05, 3.63) is 40.3 Å². The average Bonchev–Trinajstić information content (AvgIpc) is 2.87. The Morgan fingerprint density at radius 2 is 2.05 bits per heavy atom. The van der Waals surface area contributed by atoms with Crippen LogP contribution in [0.1, 0.15) is 18.9 Å². The molecule has 1 aromatic carbocycles. The van der Waals surface area contributed by atoms with Crippen LogP contribution in [0.25, 0.3) is 11.4 Å². The highest BCUT2D eigenvalue weighted by Crippen LogP contribution is 2.21. The molecule has 0 radical (unpaired) electrons. The van der Waals surface area contributed by atoms with Crippen LogP contribution in [-0.2, 0) is 0 Å². The number of nitrogens with two attached hydrogens (primary N) is 1. The lowest BCUT2D eigenvalue weighted by atomic mass is 10.2. The number of hydrogen-bond acceptors (Lipinski definition) is 7. The summed E-state index contributed by atoms with van der Waals surface area (Å²) < 4.78 is 4.94. The fourth-order valence-corrected chi connectivity index (χ4v) is 1.43. The lowest BCUT2D eigenvalue weighted by molar-refractivity contribution is -0.384. The molecule has 0 fully saturated rings. The van der Waals surface area contributed by atoms with Crippen molar-refractivity contribution in [2.45, 2.75) is 19.1 Å². The maximum absolute atomic E-state index is 10.5. The minimum Gasteiger partial charge on any atom is -0.391 e. The van der Waals surface area contributed by atoms with Gasteiger partial charge in [0.15, 0.2) is 0 Å². The van der Waals surface area contributed by atoms with Crippen molar-refractivity contribution in [1.29, 1.82) is 0 Å². The quantitative estimate of drug-likeness (QED) is 0.623. The largest absolute Gasteiger partial charge is 0.391 e. The van der Waals surface area contributed by atoms with Crippen LogP contribution in [0.2, 0.25) is 0 Å². The van der Waals surface area contributed by atoms with Crippen LogP contribution in [-0.4, -0.2) is 26.3 Å². The van der Waals surface area contributed by atoms with Crippen molar-refractivity contribution in [1.82, 2.24) is 10.1 Å². The molecule has 0 bridgehead atoms. The summed E-state index contributed by atoms with van der Waals surface area (Å²) in [5.41, 5.74) is 6.21. The molecule has 8 nitrogen and oxygen atoms in total. The minimum absolute atomic E-state index is 0.0202. The molecule has 0 aliphatic heterocycles. The van der Waals surface area contributed by atoms with Gasteiger partial charge in [-0.3, -0.25) is 10.1 Å². The van der Waals surface area contributed by atoms with E-state index in [2.05, 4.69) is 10.1 Å². The highest BCUT2D eigenvalue weighted by Gasteiger charge is 2.20. The standard InChI is InChI=1S/C11H12N4O4/c1-6(16)9(12)11-13-10(14-19-11)7-2-4-8(5-3-7)15(17)18/h2-6,9,16H,12H2,1H3/t6-,9+/m1/s1. The zero-order valence-corrected chi connectivity index (χ0v) is 10.1. The summed E-state index contributed by atoms with van der Waals surface area (Å²) in [7, 11) is 0. The fraction of sp³-hybridized carbons (Fsp3) is 0.273. The van der Waals surface area contributed by atoms with Crippen LogP contribution in [0, 0.1) is 10.1 Å². The Balaban J connectivity index is 2.25. The second kappa shape index (κ2) is 5.12. The van der Waals surface area contributed by atoms with E-state index in [1.54, 1.807) is 0 Å². The van der Waals surface area contributed by atoms with Crippen molar-refractivity contribution in [2.24, 2.45) is 5.73 Å². The summed E-state index contributed by atoms with van der Waals surface area (Å²) in [5, 5.41) is 23.6. The molecule has 8 heteroatoms. The number of nitro benzene ring substituents is 1. The van der Waals surface area contributed by atoms with Gasteiger partial charge in [0.2, 0.25) is 11.7 Å². The van der Waals surface area contributed by atoms with E-state index in [9.17, 15) is 15.2 Å². The van der Waals surface area contributed by atoms with Crippen molar-refractivity contribution in [3.8, 4) is 11.4 Å². The first-order valence-corrected chi connectivity index (χ1v) is 5.51. The van der Waals surface area contributed by atoms with Crippen LogP contribution in [0.4, 0.5) is 5.69 Å². The maximum atomic E-state index is 10.5. The number of rotatable bonds is 4. The van der Waals surface area contributed by atoms with Gasteiger partial charge in [-0.05, 0) is 19.1 Å². The molecule has 0 saturated heterocycles. The van der Waals surface area contributed by atoms with Gasteiger partial charge in [-0.25, -0.2) is 0 Å². The van der Waals surface area contributed by atoms with E-state index in [0.717, 1.165) is 0 Å². The van der Waals surface area contributed by atoms with Crippen molar-refractivity contribution in [3.63, 3.8) is 0 Å². The van der Waals surface area contributed by atoms with E-state index < -0.39 is 17.1 Å². The summed E-state index contributed by atoms with van der Waals surface area (Å²) in [4.78, 5) is 14.1. The first-order chi connectivity index (χ1) is 8.99. The molecular formula is C11H12N4O4.